The van der Waals surface area contributed by atoms with Gasteiger partial charge in [0, 0.05) is 0 Å². The summed E-state index contributed by atoms with van der Waals surface area (Å²) in [5.41, 5.74) is 15.1. The summed E-state index contributed by atoms with van der Waals surface area (Å²) < 4.78 is 0.684. The van der Waals surface area contributed by atoms with Crippen molar-refractivity contribution >= 4 is 22.8 Å². The van der Waals surface area contributed by atoms with Crippen molar-refractivity contribution < 1.29 is 47.2 Å². The molecule has 0 N–H and O–H groups in total. The van der Waals surface area contributed by atoms with Crippen LogP contribution in [0.25, 0.3) is 39.1 Å². The number of fused-ring (bicyclic) bond motifs is 5. The number of hydrogen-bond acceptors (Lipinski definition) is 0. The molecule has 4 heteroatoms. The first-order valence-corrected chi connectivity index (χ1v) is 23.4. The summed E-state index contributed by atoms with van der Waals surface area (Å²) in [6.45, 7) is 9.92. The molecule has 2 aliphatic rings. The molecule has 0 aliphatic heterocycles. The van der Waals surface area contributed by atoms with Crippen molar-refractivity contribution in [2.24, 2.45) is 5.92 Å². The van der Waals surface area contributed by atoms with Crippen molar-refractivity contribution in [3.63, 3.8) is 0 Å². The van der Waals surface area contributed by atoms with E-state index in [0.717, 1.165) is 6.42 Å². The summed E-state index contributed by atoms with van der Waals surface area (Å²) in [5, 5.41) is 2.65. The van der Waals surface area contributed by atoms with Gasteiger partial charge in [0.25, 0.3) is 0 Å². The summed E-state index contributed by atoms with van der Waals surface area (Å²) >= 11 is -0.554. The zero-order valence-electron chi connectivity index (χ0n) is 24.7. The van der Waals surface area contributed by atoms with Crippen LogP contribution in [0, 0.1) is 5.92 Å². The Morgan fingerprint density at radius 1 is 0.643 bits per heavy atom. The van der Waals surface area contributed by atoms with Crippen molar-refractivity contribution in [2.75, 3.05) is 0 Å². The van der Waals surface area contributed by atoms with E-state index in [1.54, 1.807) is 22.3 Å². The van der Waals surface area contributed by atoms with Crippen LogP contribution in [0.5, 0.6) is 0 Å². The van der Waals surface area contributed by atoms with Gasteiger partial charge in [-0.15, -0.1) is 0 Å². The molecule has 0 aromatic heterocycles. The topological polar surface area (TPSA) is 0 Å². The van der Waals surface area contributed by atoms with Gasteiger partial charge in [-0.05, 0) is 0 Å². The monoisotopic (exact) mass is 680 g/mol. The molecule has 0 nitrogen and oxygen atoms in total. The first kappa shape index (κ1) is 31.2. The van der Waals surface area contributed by atoms with Crippen molar-refractivity contribution in [2.45, 2.75) is 42.9 Å². The van der Waals surface area contributed by atoms with E-state index in [4.69, 9.17) is 0 Å². The molecule has 42 heavy (non-hydrogen) atoms. The zero-order valence-corrected chi connectivity index (χ0v) is 29.8. The number of allylic oxidation sites excluding steroid dienone is 1. The Bertz CT molecular complexity index is 1780. The maximum Gasteiger partial charge on any atom is -1.00 e. The van der Waals surface area contributed by atoms with E-state index in [0.29, 0.717) is 15.5 Å². The van der Waals surface area contributed by atoms with Gasteiger partial charge in [0.1, 0.15) is 0 Å². The molecule has 0 spiro atoms. The van der Waals surface area contributed by atoms with E-state index in [1.807, 2.05) is 0 Å². The molecular formula is C38H36Cl2SiZr. The first-order chi connectivity index (χ1) is 19.5. The SMILES string of the molecule is CC(C)CC1=Cc2c(-c3cccc4ccccc34)cccc2C1c1cccc2c1[CH]([Zr+2][SiH](C)C)c1ccccc1-2.[Cl-].[Cl-]. The molecule has 7 rings (SSSR count). The fourth-order valence-electron chi connectivity index (χ4n) is 7.22. The molecule has 0 saturated carbocycles. The third-order valence-electron chi connectivity index (χ3n) is 8.68. The standard InChI is InChI=1S/C36H29.C2H7Si.2ClH.Zr/c1-23(2)20-26-22-35-31(29-15-7-12-24-10-3-5-13-27(24)29)17-9-19-33(35)36(26)32-18-8-16-30-28-14-6-4-11-25(28)21-34(30)32;1-3-2;;;/h3-19,21-23,36H,20H2,1-2H3;3H,1-2H3;2*1H;/q;;;;+2/p-2. The fraction of sp³-hybridized carbons (Fsp3) is 0.211. The van der Waals surface area contributed by atoms with E-state index in [2.05, 4.69) is 136 Å². The van der Waals surface area contributed by atoms with Crippen LogP contribution in [-0.2, 0) is 22.4 Å². The second-order valence-electron chi connectivity index (χ2n) is 12.2. The average molecular weight is 683 g/mol. The van der Waals surface area contributed by atoms with Crippen LogP contribution >= 0.6 is 0 Å². The normalized spacial score (nSPS) is 16.3. The molecule has 0 heterocycles. The van der Waals surface area contributed by atoms with Crippen molar-refractivity contribution in [3.05, 3.63) is 137 Å². The van der Waals surface area contributed by atoms with E-state index in [1.165, 1.54) is 44.2 Å². The van der Waals surface area contributed by atoms with Crippen molar-refractivity contribution in [1.29, 1.82) is 0 Å². The molecule has 2 unspecified atom stereocenters. The van der Waals surface area contributed by atoms with E-state index >= 15 is 0 Å². The Balaban J connectivity index is 0.00000176. The number of hydrogen-bond donors (Lipinski definition) is 0. The summed E-state index contributed by atoms with van der Waals surface area (Å²) in [4.78, 5) is 0. The van der Waals surface area contributed by atoms with Gasteiger partial charge >= 0.3 is 253 Å². The van der Waals surface area contributed by atoms with Gasteiger partial charge < -0.3 is 24.8 Å². The second-order valence-corrected chi connectivity index (χ2v) is 27.3. The van der Waals surface area contributed by atoms with Gasteiger partial charge in [0.15, 0.2) is 0 Å². The molecule has 0 fully saturated rings. The van der Waals surface area contributed by atoms with Crippen LogP contribution in [0.4, 0.5) is 0 Å². The number of benzene rings is 5. The van der Waals surface area contributed by atoms with Gasteiger partial charge in [-0.25, -0.2) is 0 Å². The van der Waals surface area contributed by atoms with Crippen LogP contribution in [0.3, 0.4) is 0 Å². The largest absolute Gasteiger partial charge is 1.00 e. The number of halogens is 2. The molecular weight excluding hydrogens is 647 g/mol. The summed E-state index contributed by atoms with van der Waals surface area (Å²) in [6, 6.07) is 39.2. The van der Waals surface area contributed by atoms with Gasteiger partial charge in [-0.1, -0.05) is 0 Å². The molecule has 0 amide bonds. The van der Waals surface area contributed by atoms with Crippen LogP contribution < -0.4 is 24.8 Å². The van der Waals surface area contributed by atoms with E-state index in [-0.39, 0.29) is 24.8 Å². The minimum absolute atomic E-state index is 0. The van der Waals surface area contributed by atoms with Crippen LogP contribution in [0.1, 0.15) is 57.6 Å². The fourth-order valence-corrected chi connectivity index (χ4v) is 17.1. The average Bonchev–Trinajstić information content (AvgIpc) is 3.47. The zero-order chi connectivity index (χ0) is 27.4. The maximum atomic E-state index is 2.58. The van der Waals surface area contributed by atoms with Gasteiger partial charge in [0.05, 0.1) is 0 Å². The molecule has 0 saturated heterocycles. The van der Waals surface area contributed by atoms with Crippen LogP contribution in [0.15, 0.2) is 109 Å². The molecule has 5 aromatic carbocycles. The van der Waals surface area contributed by atoms with E-state index in [9.17, 15) is 0 Å². The molecule has 0 radical (unpaired) electrons. The smallest absolute Gasteiger partial charge is 1.00 e. The Labute approximate surface area is 275 Å². The summed E-state index contributed by atoms with van der Waals surface area (Å²) in [7, 11) is 0. The molecule has 0 bridgehead atoms. The van der Waals surface area contributed by atoms with Gasteiger partial charge in [-0.2, -0.15) is 0 Å². The number of rotatable bonds is 6. The molecule has 2 aliphatic carbocycles. The molecule has 210 valence electrons. The van der Waals surface area contributed by atoms with Crippen LogP contribution in [0.2, 0.25) is 13.1 Å². The Morgan fingerprint density at radius 2 is 1.24 bits per heavy atom. The van der Waals surface area contributed by atoms with Gasteiger partial charge in [-0.3, -0.25) is 0 Å². The molecule has 5 aromatic rings. The Hall–Kier alpha value is -2.22. The van der Waals surface area contributed by atoms with E-state index < -0.39 is 28.3 Å². The quantitative estimate of drug-likeness (QED) is 0.236. The third-order valence-corrected chi connectivity index (χ3v) is 18.5. The van der Waals surface area contributed by atoms with Crippen molar-refractivity contribution in [3.8, 4) is 22.3 Å². The summed E-state index contributed by atoms with van der Waals surface area (Å²) in [6.07, 6.45) is 3.71. The second kappa shape index (κ2) is 12.8. The van der Waals surface area contributed by atoms with Crippen molar-refractivity contribution in [1.82, 2.24) is 0 Å². The Kier molecular flexibility index (Phi) is 9.51. The maximum absolute atomic E-state index is 2.58. The van der Waals surface area contributed by atoms with Crippen LogP contribution in [-0.4, -0.2) is 5.92 Å². The predicted octanol–water partition coefficient (Wildman–Crippen LogP) is 4.23. The van der Waals surface area contributed by atoms with Gasteiger partial charge in [0.2, 0.25) is 0 Å². The minimum atomic E-state index is -0.620. The first-order valence-electron chi connectivity index (χ1n) is 14.8. The third kappa shape index (κ3) is 5.35. The Morgan fingerprint density at radius 3 is 2.02 bits per heavy atom. The summed E-state index contributed by atoms with van der Waals surface area (Å²) in [5.74, 6) is 0.339. The predicted molar refractivity (Wildman–Crippen MR) is 171 cm³/mol. The molecule has 2 atom stereocenters. The minimum Gasteiger partial charge on any atom is -1.00 e.